The molecule has 0 atom stereocenters. The van der Waals surface area contributed by atoms with Gasteiger partial charge in [-0.25, -0.2) is 4.79 Å². The molecule has 0 aliphatic rings. The number of esters is 1. The number of hydrogen-bond donors (Lipinski definition) is 1. The van der Waals surface area contributed by atoms with Crippen molar-refractivity contribution in [1.29, 1.82) is 5.26 Å². The van der Waals surface area contributed by atoms with Gasteiger partial charge in [-0.1, -0.05) is 23.8 Å². The molecule has 6 nitrogen and oxygen atoms in total. The molecule has 0 aliphatic carbocycles. The number of nitrogens with one attached hydrogen (secondary N) is 1. The smallest absolute Gasteiger partial charge is 0.338 e. The Balaban J connectivity index is 1.99. The molecule has 0 saturated carbocycles. The summed E-state index contributed by atoms with van der Waals surface area (Å²) in [5, 5.41) is 12.4. The average molecular weight is 428 g/mol. The third-order valence-electron chi connectivity index (χ3n) is 5.40. The summed E-state index contributed by atoms with van der Waals surface area (Å²) >= 11 is 0. The molecule has 6 heteroatoms. The van der Waals surface area contributed by atoms with Crippen molar-refractivity contribution in [2.75, 3.05) is 12.4 Å². The van der Waals surface area contributed by atoms with E-state index in [9.17, 15) is 14.9 Å². The van der Waals surface area contributed by atoms with Crippen molar-refractivity contribution in [2.24, 2.45) is 0 Å². The van der Waals surface area contributed by atoms with E-state index in [0.29, 0.717) is 11.3 Å². The topological polar surface area (TPSA) is 84.1 Å². The molecule has 1 heterocycles. The van der Waals surface area contributed by atoms with Gasteiger partial charge in [0.2, 0.25) is 0 Å². The first-order valence-electron chi connectivity index (χ1n) is 10.1. The van der Waals surface area contributed by atoms with Crippen LogP contribution in [0.4, 0.5) is 5.69 Å². The van der Waals surface area contributed by atoms with E-state index in [1.54, 1.807) is 30.3 Å². The molecule has 2 aromatic carbocycles. The minimum atomic E-state index is -0.468. The lowest BCUT2D eigenvalue weighted by Gasteiger charge is -2.15. The molecule has 3 aromatic rings. The van der Waals surface area contributed by atoms with Crippen LogP contribution in [0.2, 0.25) is 0 Å². The summed E-state index contributed by atoms with van der Waals surface area (Å²) in [7, 11) is 1.36. The van der Waals surface area contributed by atoms with Gasteiger partial charge in [-0.2, -0.15) is 5.26 Å². The van der Waals surface area contributed by atoms with Crippen molar-refractivity contribution in [2.45, 2.75) is 27.7 Å². The van der Waals surface area contributed by atoms with Gasteiger partial charge < -0.3 is 14.6 Å². The number of aryl methyl sites for hydroxylation is 2. The van der Waals surface area contributed by atoms with Crippen molar-refractivity contribution in [3.05, 3.63) is 87.7 Å². The van der Waals surface area contributed by atoms with Crippen molar-refractivity contribution in [3.63, 3.8) is 0 Å². The molecule has 0 saturated heterocycles. The Bertz CT molecular complexity index is 1260. The molecule has 1 amide bonds. The molecule has 0 radical (unpaired) electrons. The van der Waals surface area contributed by atoms with Crippen LogP contribution >= 0.6 is 0 Å². The quantitative estimate of drug-likeness (QED) is 0.351. The van der Waals surface area contributed by atoms with Crippen LogP contribution in [-0.2, 0) is 9.53 Å². The Morgan fingerprint density at radius 1 is 1.06 bits per heavy atom. The fraction of sp³-hybridized carbons (Fsp3) is 0.192. The van der Waals surface area contributed by atoms with Crippen LogP contribution in [0.3, 0.4) is 0 Å². The van der Waals surface area contributed by atoms with Gasteiger partial charge in [-0.05, 0) is 75.2 Å². The molecule has 1 aromatic heterocycles. The van der Waals surface area contributed by atoms with E-state index >= 15 is 0 Å². The first kappa shape index (κ1) is 22.6. The maximum absolute atomic E-state index is 12.7. The standard InChI is InChI=1S/C26H25N3O3/c1-16-9-11-22(12-10-16)28-25(30)21(15-27)14-20-13-17(2)29(19(20)4)24-8-6-7-23(18(24)3)26(31)32-5/h6-14H,1-5H3,(H,28,30)/b21-14-. The lowest BCUT2D eigenvalue weighted by atomic mass is 10.1. The fourth-order valence-corrected chi connectivity index (χ4v) is 3.64. The molecule has 0 unspecified atom stereocenters. The van der Waals surface area contributed by atoms with Gasteiger partial charge in [-0.15, -0.1) is 0 Å². The van der Waals surface area contributed by atoms with Gasteiger partial charge in [0.1, 0.15) is 11.6 Å². The second kappa shape index (κ2) is 9.36. The lowest BCUT2D eigenvalue weighted by Crippen LogP contribution is -2.13. The normalized spacial score (nSPS) is 11.1. The van der Waals surface area contributed by atoms with E-state index in [4.69, 9.17) is 4.74 Å². The number of ether oxygens (including phenoxy) is 1. The predicted molar refractivity (Wildman–Crippen MR) is 125 cm³/mol. The maximum atomic E-state index is 12.7. The summed E-state index contributed by atoms with van der Waals surface area (Å²) in [5.74, 6) is -0.864. The second-order valence-electron chi connectivity index (χ2n) is 7.59. The third-order valence-corrected chi connectivity index (χ3v) is 5.40. The molecule has 0 spiro atoms. The van der Waals surface area contributed by atoms with Gasteiger partial charge >= 0.3 is 5.97 Å². The number of hydrogen-bond acceptors (Lipinski definition) is 4. The van der Waals surface area contributed by atoms with E-state index in [0.717, 1.165) is 33.8 Å². The number of nitrogens with zero attached hydrogens (tertiary/aromatic N) is 2. The lowest BCUT2D eigenvalue weighted by molar-refractivity contribution is -0.112. The van der Waals surface area contributed by atoms with Crippen molar-refractivity contribution in [1.82, 2.24) is 4.57 Å². The molecule has 1 N–H and O–H groups in total. The van der Waals surface area contributed by atoms with Gasteiger partial charge in [0, 0.05) is 22.8 Å². The van der Waals surface area contributed by atoms with Gasteiger partial charge in [0.25, 0.3) is 5.91 Å². The summed E-state index contributed by atoms with van der Waals surface area (Å²) in [6.45, 7) is 7.68. The van der Waals surface area contributed by atoms with Crippen molar-refractivity contribution in [3.8, 4) is 11.8 Å². The number of amides is 1. The van der Waals surface area contributed by atoms with Crippen LogP contribution in [0, 0.1) is 39.0 Å². The second-order valence-corrected chi connectivity index (χ2v) is 7.59. The van der Waals surface area contributed by atoms with Gasteiger partial charge in [0.15, 0.2) is 0 Å². The Labute approximate surface area is 187 Å². The highest BCUT2D eigenvalue weighted by Crippen LogP contribution is 2.27. The SMILES string of the molecule is COC(=O)c1cccc(-n2c(C)cc(/C=C(/C#N)C(=O)Nc3ccc(C)cc3)c2C)c1C. The van der Waals surface area contributed by atoms with E-state index in [-0.39, 0.29) is 5.57 Å². The van der Waals surface area contributed by atoms with Crippen LogP contribution in [0.5, 0.6) is 0 Å². The van der Waals surface area contributed by atoms with E-state index in [1.165, 1.54) is 7.11 Å². The monoisotopic (exact) mass is 427 g/mol. The zero-order valence-electron chi connectivity index (χ0n) is 18.8. The van der Waals surface area contributed by atoms with Crippen LogP contribution in [-0.4, -0.2) is 23.6 Å². The molecule has 0 fully saturated rings. The van der Waals surface area contributed by atoms with Crippen LogP contribution in [0.25, 0.3) is 11.8 Å². The van der Waals surface area contributed by atoms with Gasteiger partial charge in [-0.3, -0.25) is 4.79 Å². The summed E-state index contributed by atoms with van der Waals surface area (Å²) in [4.78, 5) is 24.8. The summed E-state index contributed by atoms with van der Waals surface area (Å²) in [6.07, 6.45) is 1.59. The molecule has 0 aliphatic heterocycles. The largest absolute Gasteiger partial charge is 0.465 e. The number of rotatable bonds is 5. The average Bonchev–Trinajstić information content (AvgIpc) is 3.06. The van der Waals surface area contributed by atoms with E-state index in [1.807, 2.05) is 62.6 Å². The van der Waals surface area contributed by atoms with Crippen LogP contribution in [0.15, 0.2) is 54.1 Å². The Morgan fingerprint density at radius 3 is 2.38 bits per heavy atom. The Morgan fingerprint density at radius 2 is 1.75 bits per heavy atom. The number of methoxy groups -OCH3 is 1. The highest BCUT2D eigenvalue weighted by atomic mass is 16.5. The first-order valence-corrected chi connectivity index (χ1v) is 10.1. The third kappa shape index (κ3) is 4.47. The molecular weight excluding hydrogens is 402 g/mol. The Kier molecular flexibility index (Phi) is 6.60. The molecular formula is C26H25N3O3. The van der Waals surface area contributed by atoms with E-state index < -0.39 is 11.9 Å². The number of aromatic nitrogens is 1. The molecule has 3 rings (SSSR count). The molecule has 32 heavy (non-hydrogen) atoms. The number of benzene rings is 2. The highest BCUT2D eigenvalue weighted by molar-refractivity contribution is 6.09. The zero-order valence-corrected chi connectivity index (χ0v) is 18.8. The molecule has 162 valence electrons. The number of anilines is 1. The number of nitriles is 1. The van der Waals surface area contributed by atoms with Crippen LogP contribution in [0.1, 0.15) is 38.4 Å². The Hall–Kier alpha value is -4.11. The molecule has 0 bridgehead atoms. The van der Waals surface area contributed by atoms with E-state index in [2.05, 4.69) is 5.32 Å². The maximum Gasteiger partial charge on any atom is 0.338 e. The first-order chi connectivity index (χ1) is 15.3. The minimum absolute atomic E-state index is 0.00542. The fourth-order valence-electron chi connectivity index (χ4n) is 3.64. The number of carbonyl (C=O) groups excluding carboxylic acids is 2. The van der Waals surface area contributed by atoms with Gasteiger partial charge in [0.05, 0.1) is 12.7 Å². The summed E-state index contributed by atoms with van der Waals surface area (Å²) in [6, 6.07) is 16.7. The summed E-state index contributed by atoms with van der Waals surface area (Å²) in [5.41, 5.74) is 6.34. The van der Waals surface area contributed by atoms with Crippen LogP contribution < -0.4 is 5.32 Å². The van der Waals surface area contributed by atoms with Crippen molar-refractivity contribution >= 4 is 23.6 Å². The van der Waals surface area contributed by atoms with Crippen molar-refractivity contribution < 1.29 is 14.3 Å². The number of carbonyl (C=O) groups is 2. The zero-order chi connectivity index (χ0) is 23.4. The highest BCUT2D eigenvalue weighted by Gasteiger charge is 2.18. The summed E-state index contributed by atoms with van der Waals surface area (Å²) < 4.78 is 6.88. The predicted octanol–water partition coefficient (Wildman–Crippen LogP) is 5.04. The minimum Gasteiger partial charge on any atom is -0.465 e.